The molecular weight excluding hydrogens is 320 g/mol. The molecule has 2 rings (SSSR count). The Morgan fingerprint density at radius 2 is 1.76 bits per heavy atom. The molecule has 0 unspecified atom stereocenters. The van der Waals surface area contributed by atoms with Crippen molar-refractivity contribution in [3.63, 3.8) is 0 Å². The predicted molar refractivity (Wildman–Crippen MR) is 113 cm³/mol. The van der Waals surface area contributed by atoms with Gasteiger partial charge in [-0.2, -0.15) is 28.9 Å². The quantitative estimate of drug-likeness (QED) is 0.534. The minimum absolute atomic E-state index is 0.981. The Kier molecular flexibility index (Phi) is 6.76. The summed E-state index contributed by atoms with van der Waals surface area (Å²) in [6.45, 7) is 6.81. The van der Waals surface area contributed by atoms with Crippen LogP contribution in [0, 0.1) is 12.0 Å². The summed E-state index contributed by atoms with van der Waals surface area (Å²) in [5.41, 5.74) is 6.70. The lowest BCUT2D eigenvalue weighted by Gasteiger charge is -2.35. The first kappa shape index (κ1) is 19.6. The summed E-state index contributed by atoms with van der Waals surface area (Å²) in [6, 6.07) is 11.3. The zero-order valence-electron chi connectivity index (χ0n) is 16.6. The van der Waals surface area contributed by atoms with Crippen molar-refractivity contribution in [1.82, 2.24) is 9.80 Å². The Hall–Kier alpha value is -1.68. The van der Waals surface area contributed by atoms with Gasteiger partial charge < -0.3 is 9.80 Å². The van der Waals surface area contributed by atoms with Gasteiger partial charge in [-0.3, -0.25) is 0 Å². The monoisotopic (exact) mass is 352 g/mol. The number of nitrogens with zero attached hydrogens (tertiary/aromatic N) is 2. The highest BCUT2D eigenvalue weighted by Crippen LogP contribution is 2.27. The van der Waals surface area contributed by atoms with Crippen molar-refractivity contribution in [3.05, 3.63) is 82.9 Å². The molecule has 3 heteroatoms. The largest absolute Gasteiger partial charge is 0.316 e. The summed E-state index contributed by atoms with van der Waals surface area (Å²) in [4.78, 5) is 4.47. The third-order valence-corrected chi connectivity index (χ3v) is 6.25. The molecule has 1 aliphatic rings. The Morgan fingerprint density at radius 1 is 1.04 bits per heavy atom. The molecule has 0 spiro atoms. The maximum atomic E-state index is 2.53. The maximum Gasteiger partial charge on any atom is -0.0103 e. The first-order valence-corrected chi connectivity index (χ1v) is 12.1. The fraction of sp³-hybridized carbons (Fsp3) is 0.364. The Bertz CT molecular complexity index is 654. The lowest BCUT2D eigenvalue weighted by molar-refractivity contribution is 0.402. The van der Waals surface area contributed by atoms with E-state index in [1.165, 1.54) is 22.6 Å². The summed E-state index contributed by atoms with van der Waals surface area (Å²) in [5, 5.41) is 0. The fourth-order valence-electron chi connectivity index (χ4n) is 3.16. The number of hydrogen-bond acceptors (Lipinski definition) is 2. The highest BCUT2D eigenvalue weighted by atomic mass is 28.3. The van der Waals surface area contributed by atoms with E-state index in [-0.39, 0.29) is 0 Å². The van der Waals surface area contributed by atoms with Crippen LogP contribution in [0.4, 0.5) is 0 Å². The van der Waals surface area contributed by atoms with E-state index in [1.54, 1.807) is 0 Å². The van der Waals surface area contributed by atoms with Crippen molar-refractivity contribution in [1.29, 1.82) is 0 Å². The molecule has 0 bridgehead atoms. The molecule has 0 saturated heterocycles. The summed E-state index contributed by atoms with van der Waals surface area (Å²) in [6.07, 6.45) is 8.79. The van der Waals surface area contributed by atoms with Crippen LogP contribution in [0.2, 0.25) is 13.1 Å². The van der Waals surface area contributed by atoms with Crippen molar-refractivity contribution >= 4 is 8.07 Å². The van der Waals surface area contributed by atoms with Crippen LogP contribution in [0.15, 0.2) is 59.8 Å². The second kappa shape index (κ2) is 8.61. The minimum Gasteiger partial charge on any atom is -0.316 e. The van der Waals surface area contributed by atoms with Crippen LogP contribution >= 0.6 is 0 Å². The van der Waals surface area contributed by atoms with E-state index in [2.05, 4.69) is 111 Å². The van der Waals surface area contributed by atoms with Gasteiger partial charge in [-0.15, -0.1) is 47.9 Å². The van der Waals surface area contributed by atoms with E-state index in [4.69, 9.17) is 0 Å². The van der Waals surface area contributed by atoms with Gasteiger partial charge in [0, 0.05) is 0 Å². The molecule has 0 atom stereocenters. The average molecular weight is 353 g/mol. The van der Waals surface area contributed by atoms with Crippen LogP contribution < -0.4 is 0 Å². The van der Waals surface area contributed by atoms with Crippen LogP contribution in [0.5, 0.6) is 0 Å². The fourth-order valence-corrected chi connectivity index (χ4v) is 5.41. The standard InChI is InChI=1S/C22H32N2Si/c1-23(2)15-19-11-7-9-13-21(19)17-25(5,6)18-22-14-10-8-12-20(22)16-24(3)4/h7-14,17-18H,15-16H2,1-6H3/q-2/b21-17+. The van der Waals surface area contributed by atoms with Gasteiger partial charge in [-0.1, -0.05) is 19.2 Å². The average Bonchev–Trinajstić information content (AvgIpc) is 2.50. The Balaban J connectivity index is 2.21. The third kappa shape index (κ3) is 6.27. The summed E-state index contributed by atoms with van der Waals surface area (Å²) in [5.74, 6) is 1.41. The van der Waals surface area contributed by atoms with E-state index in [0.717, 1.165) is 13.1 Å². The molecule has 25 heavy (non-hydrogen) atoms. The van der Waals surface area contributed by atoms with E-state index >= 15 is 0 Å². The number of allylic oxidation sites excluding steroid dienone is 3. The molecule has 0 heterocycles. The third-order valence-electron chi connectivity index (χ3n) is 4.14. The van der Waals surface area contributed by atoms with Gasteiger partial charge in [0.15, 0.2) is 0 Å². The number of rotatable bonds is 7. The molecule has 0 radical (unpaired) electrons. The molecule has 0 N–H and O–H groups in total. The van der Waals surface area contributed by atoms with Gasteiger partial charge in [0.1, 0.15) is 0 Å². The van der Waals surface area contributed by atoms with Gasteiger partial charge in [-0.25, -0.2) is 0 Å². The van der Waals surface area contributed by atoms with Crippen molar-refractivity contribution in [2.45, 2.75) is 19.6 Å². The SMILES string of the molecule is CN(C)Cc1ccccc1[CH-][Si](C)(C)/C=C1\C=CC=C[C-]1CN(C)C. The predicted octanol–water partition coefficient (Wildman–Crippen LogP) is 4.28. The van der Waals surface area contributed by atoms with Gasteiger partial charge in [0.2, 0.25) is 0 Å². The number of benzene rings is 1. The Morgan fingerprint density at radius 3 is 2.44 bits per heavy atom. The molecule has 0 aliphatic heterocycles. The van der Waals surface area contributed by atoms with Crippen molar-refractivity contribution in [2.75, 3.05) is 34.7 Å². The summed E-state index contributed by atoms with van der Waals surface area (Å²) < 4.78 is 0. The molecule has 0 saturated carbocycles. The molecule has 1 aliphatic carbocycles. The highest BCUT2D eigenvalue weighted by molar-refractivity contribution is 6.86. The van der Waals surface area contributed by atoms with E-state index in [0.29, 0.717) is 0 Å². The minimum atomic E-state index is -1.64. The van der Waals surface area contributed by atoms with Gasteiger partial charge in [-0.05, 0) is 49.4 Å². The van der Waals surface area contributed by atoms with Crippen molar-refractivity contribution in [2.24, 2.45) is 0 Å². The molecule has 136 valence electrons. The zero-order chi connectivity index (χ0) is 18.4. The first-order chi connectivity index (χ1) is 11.8. The molecule has 1 aromatic carbocycles. The van der Waals surface area contributed by atoms with Crippen molar-refractivity contribution < 1.29 is 0 Å². The van der Waals surface area contributed by atoms with Crippen molar-refractivity contribution in [3.8, 4) is 0 Å². The molecule has 2 nitrogen and oxygen atoms in total. The van der Waals surface area contributed by atoms with E-state index in [1.807, 2.05) is 0 Å². The summed E-state index contributed by atoms with van der Waals surface area (Å²) >= 11 is 0. The molecule has 0 fully saturated rings. The normalized spacial score (nSPS) is 16.3. The van der Waals surface area contributed by atoms with Crippen LogP contribution in [0.25, 0.3) is 0 Å². The Labute approximate surface area is 155 Å². The topological polar surface area (TPSA) is 6.48 Å². The lowest BCUT2D eigenvalue weighted by Crippen LogP contribution is -2.28. The van der Waals surface area contributed by atoms with E-state index < -0.39 is 8.07 Å². The van der Waals surface area contributed by atoms with Crippen LogP contribution in [-0.2, 0) is 6.54 Å². The highest BCUT2D eigenvalue weighted by Gasteiger charge is 2.14. The first-order valence-electron chi connectivity index (χ1n) is 8.94. The smallest absolute Gasteiger partial charge is 0.0103 e. The van der Waals surface area contributed by atoms with Crippen LogP contribution in [0.1, 0.15) is 11.1 Å². The molecule has 0 aromatic heterocycles. The van der Waals surface area contributed by atoms with Gasteiger partial charge in [0.05, 0.1) is 0 Å². The van der Waals surface area contributed by atoms with Gasteiger partial charge >= 0.3 is 0 Å². The van der Waals surface area contributed by atoms with Gasteiger partial charge in [0.25, 0.3) is 0 Å². The second-order valence-electron chi connectivity index (χ2n) is 7.98. The molecular formula is C22H32N2Si-2. The molecule has 0 amide bonds. The van der Waals surface area contributed by atoms with Crippen LogP contribution in [0.3, 0.4) is 0 Å². The number of hydrogen-bond donors (Lipinski definition) is 0. The maximum absolute atomic E-state index is 2.53. The lowest BCUT2D eigenvalue weighted by atomic mass is 9.95. The zero-order valence-corrected chi connectivity index (χ0v) is 17.6. The molecule has 1 aromatic rings. The van der Waals surface area contributed by atoms with E-state index in [9.17, 15) is 0 Å². The second-order valence-corrected chi connectivity index (χ2v) is 12.2. The summed E-state index contributed by atoms with van der Waals surface area (Å²) in [7, 11) is 6.87. The van der Waals surface area contributed by atoms with Crippen LogP contribution in [-0.4, -0.2) is 52.6 Å².